The Morgan fingerprint density at radius 2 is 2.15 bits per heavy atom. The van der Waals surface area contributed by atoms with Crippen LogP contribution in [0, 0.1) is 0 Å². The second-order valence-corrected chi connectivity index (χ2v) is 3.37. The Morgan fingerprint density at radius 1 is 1.46 bits per heavy atom. The number of hydrogen-bond acceptors (Lipinski definition) is 2. The molecule has 0 saturated carbocycles. The van der Waals surface area contributed by atoms with Gasteiger partial charge in [0.05, 0.1) is 0 Å². The fourth-order valence-corrected chi connectivity index (χ4v) is 1.60. The topological polar surface area (TPSA) is 6.48 Å². The molecule has 13 heavy (non-hydrogen) atoms. The maximum atomic E-state index is 4.06. The Labute approximate surface area is 80.8 Å². The highest BCUT2D eigenvalue weighted by Crippen LogP contribution is 2.16. The van der Waals surface area contributed by atoms with E-state index in [-0.39, 0.29) is 0 Å². The lowest BCUT2D eigenvalue weighted by Crippen LogP contribution is -2.41. The molecule has 0 bridgehead atoms. The maximum Gasteiger partial charge on any atom is 0.0378 e. The van der Waals surface area contributed by atoms with Gasteiger partial charge in [-0.1, -0.05) is 19.2 Å². The highest BCUT2D eigenvalue weighted by molar-refractivity contribution is 5.21. The van der Waals surface area contributed by atoms with Crippen LogP contribution in [-0.2, 0) is 0 Å². The number of piperazine rings is 1. The summed E-state index contributed by atoms with van der Waals surface area (Å²) in [6.07, 6.45) is 3.96. The summed E-state index contributed by atoms with van der Waals surface area (Å²) in [6, 6.07) is 0. The van der Waals surface area contributed by atoms with Crippen molar-refractivity contribution in [3.05, 3.63) is 36.7 Å². The largest absolute Gasteiger partial charge is 0.343 e. The average molecular weight is 178 g/mol. The zero-order valence-corrected chi connectivity index (χ0v) is 8.58. The number of rotatable bonds is 2. The first-order valence-electron chi connectivity index (χ1n) is 4.61. The molecule has 72 valence electrons. The van der Waals surface area contributed by atoms with Gasteiger partial charge in [0.1, 0.15) is 0 Å². The molecule has 0 atom stereocenters. The molecule has 2 nitrogen and oxygen atoms in total. The van der Waals surface area contributed by atoms with E-state index in [0.717, 1.165) is 31.0 Å². The minimum atomic E-state index is 0.950. The minimum Gasteiger partial charge on any atom is -0.343 e. The van der Waals surface area contributed by atoms with Crippen LogP contribution in [0.1, 0.15) is 6.92 Å². The summed E-state index contributed by atoms with van der Waals surface area (Å²) in [7, 11) is 2.12. The summed E-state index contributed by atoms with van der Waals surface area (Å²) in [5, 5.41) is 0. The summed E-state index contributed by atoms with van der Waals surface area (Å²) < 4.78 is 0. The van der Waals surface area contributed by atoms with Crippen molar-refractivity contribution in [2.75, 3.05) is 26.7 Å². The lowest BCUT2D eigenvalue weighted by molar-refractivity contribution is 0.239. The Bertz CT molecular complexity index is 240. The van der Waals surface area contributed by atoms with Gasteiger partial charge in [0, 0.05) is 31.0 Å². The Hall–Kier alpha value is -1.02. The number of allylic oxidation sites excluding steroid dienone is 2. The van der Waals surface area contributed by atoms with E-state index >= 15 is 0 Å². The van der Waals surface area contributed by atoms with Crippen LogP contribution in [-0.4, -0.2) is 36.5 Å². The van der Waals surface area contributed by atoms with Gasteiger partial charge in [-0.2, -0.15) is 0 Å². The molecule has 1 rings (SSSR count). The number of likely N-dealkylation sites (N-methyl/N-ethyl adjacent to an activating group) is 1. The summed E-state index contributed by atoms with van der Waals surface area (Å²) in [4.78, 5) is 4.50. The average Bonchev–Trinajstić information content (AvgIpc) is 2.10. The lowest BCUT2D eigenvalue weighted by atomic mass is 10.2. The van der Waals surface area contributed by atoms with Crippen molar-refractivity contribution in [3.8, 4) is 0 Å². The summed E-state index contributed by atoms with van der Waals surface area (Å²) in [5.41, 5.74) is 2.32. The van der Waals surface area contributed by atoms with Crippen molar-refractivity contribution in [2.45, 2.75) is 6.92 Å². The van der Waals surface area contributed by atoms with Gasteiger partial charge in [0.25, 0.3) is 0 Å². The van der Waals surface area contributed by atoms with Gasteiger partial charge in [-0.05, 0) is 20.0 Å². The molecule has 1 aliphatic heterocycles. The van der Waals surface area contributed by atoms with Gasteiger partial charge in [0.2, 0.25) is 0 Å². The third-order valence-corrected chi connectivity index (χ3v) is 2.36. The normalized spacial score (nSPS) is 20.6. The monoisotopic (exact) mass is 178 g/mol. The van der Waals surface area contributed by atoms with E-state index in [0.29, 0.717) is 0 Å². The van der Waals surface area contributed by atoms with Crippen LogP contribution in [0.2, 0.25) is 0 Å². The van der Waals surface area contributed by atoms with Crippen LogP contribution < -0.4 is 0 Å². The van der Waals surface area contributed by atoms with E-state index in [2.05, 4.69) is 36.1 Å². The van der Waals surface area contributed by atoms with Crippen LogP contribution in [0.3, 0.4) is 0 Å². The molecule has 0 aromatic carbocycles. The maximum absolute atomic E-state index is 4.06. The van der Waals surface area contributed by atoms with Crippen molar-refractivity contribution in [2.24, 2.45) is 0 Å². The standard InChI is InChI=1S/C11H18N2/c1-5-11(6-2)13-8-7-12(4)9-10(13)3/h5-6H,1,3,7-9H2,2,4H3/b11-6-. The first kappa shape index (κ1) is 10.1. The Balaban J connectivity index is 2.71. The molecule has 0 unspecified atom stereocenters. The summed E-state index contributed by atoms with van der Waals surface area (Å²) in [5.74, 6) is 0. The minimum absolute atomic E-state index is 0.950. The van der Waals surface area contributed by atoms with E-state index < -0.39 is 0 Å². The summed E-state index contributed by atoms with van der Waals surface area (Å²) >= 11 is 0. The third-order valence-electron chi connectivity index (χ3n) is 2.36. The van der Waals surface area contributed by atoms with Gasteiger partial charge in [-0.25, -0.2) is 0 Å². The molecular formula is C11H18N2. The first-order chi connectivity index (χ1) is 6.19. The van der Waals surface area contributed by atoms with Crippen LogP contribution in [0.15, 0.2) is 36.7 Å². The van der Waals surface area contributed by atoms with Gasteiger partial charge < -0.3 is 4.90 Å². The molecule has 1 fully saturated rings. The number of nitrogens with zero attached hydrogens (tertiary/aromatic N) is 2. The smallest absolute Gasteiger partial charge is 0.0378 e. The van der Waals surface area contributed by atoms with Crippen LogP contribution in [0.25, 0.3) is 0 Å². The SMILES string of the molecule is C=C/C(=C/C)N1CCN(C)CC1=C. The first-order valence-corrected chi connectivity index (χ1v) is 4.61. The molecule has 0 radical (unpaired) electrons. The van der Waals surface area contributed by atoms with Crippen molar-refractivity contribution < 1.29 is 0 Å². The summed E-state index contributed by atoms with van der Waals surface area (Å²) in [6.45, 7) is 12.9. The molecule has 0 spiro atoms. The van der Waals surface area contributed by atoms with Crippen molar-refractivity contribution in [3.63, 3.8) is 0 Å². The fourth-order valence-electron chi connectivity index (χ4n) is 1.60. The Kier molecular flexibility index (Phi) is 3.32. The molecule has 1 aliphatic rings. The zero-order chi connectivity index (χ0) is 9.84. The van der Waals surface area contributed by atoms with E-state index in [4.69, 9.17) is 0 Å². The van der Waals surface area contributed by atoms with Crippen LogP contribution in [0.5, 0.6) is 0 Å². The molecule has 0 aromatic rings. The molecule has 2 heteroatoms. The van der Waals surface area contributed by atoms with E-state index in [1.807, 2.05) is 13.0 Å². The van der Waals surface area contributed by atoms with Gasteiger partial charge >= 0.3 is 0 Å². The quantitative estimate of drug-likeness (QED) is 0.595. The number of hydrogen-bond donors (Lipinski definition) is 0. The lowest BCUT2D eigenvalue weighted by Gasteiger charge is -2.36. The third kappa shape index (κ3) is 2.22. The van der Waals surface area contributed by atoms with Crippen LogP contribution >= 0.6 is 0 Å². The highest BCUT2D eigenvalue weighted by Gasteiger charge is 2.17. The molecule has 0 aromatic heterocycles. The molecule has 1 heterocycles. The van der Waals surface area contributed by atoms with Gasteiger partial charge in [-0.15, -0.1) is 0 Å². The molecule has 0 amide bonds. The van der Waals surface area contributed by atoms with E-state index in [9.17, 15) is 0 Å². The second-order valence-electron chi connectivity index (χ2n) is 3.37. The van der Waals surface area contributed by atoms with Crippen LogP contribution in [0.4, 0.5) is 0 Å². The van der Waals surface area contributed by atoms with Crippen molar-refractivity contribution >= 4 is 0 Å². The van der Waals surface area contributed by atoms with Crippen molar-refractivity contribution in [1.82, 2.24) is 9.80 Å². The van der Waals surface area contributed by atoms with Crippen molar-refractivity contribution in [1.29, 1.82) is 0 Å². The van der Waals surface area contributed by atoms with Gasteiger partial charge in [-0.3, -0.25) is 4.90 Å². The molecule has 0 aliphatic carbocycles. The van der Waals surface area contributed by atoms with E-state index in [1.54, 1.807) is 0 Å². The second kappa shape index (κ2) is 4.28. The molecular weight excluding hydrogens is 160 g/mol. The van der Waals surface area contributed by atoms with Gasteiger partial charge in [0.15, 0.2) is 0 Å². The predicted molar refractivity (Wildman–Crippen MR) is 57.3 cm³/mol. The zero-order valence-electron chi connectivity index (χ0n) is 8.58. The van der Waals surface area contributed by atoms with E-state index in [1.165, 1.54) is 0 Å². The highest BCUT2D eigenvalue weighted by atomic mass is 15.3. The predicted octanol–water partition coefficient (Wildman–Crippen LogP) is 1.84. The molecule has 1 saturated heterocycles. The fraction of sp³-hybridized carbons (Fsp3) is 0.455. The Morgan fingerprint density at radius 3 is 2.62 bits per heavy atom. The molecule has 0 N–H and O–H groups in total.